The second kappa shape index (κ2) is 12.2. The lowest BCUT2D eigenvalue weighted by Gasteiger charge is -2.31. The molecule has 0 bridgehead atoms. The van der Waals surface area contributed by atoms with E-state index in [-0.39, 0.29) is 48.2 Å². The molecule has 3 amide bonds. The molecule has 0 aromatic heterocycles. The van der Waals surface area contributed by atoms with Gasteiger partial charge in [-0.15, -0.1) is 0 Å². The first-order chi connectivity index (χ1) is 17.2. The molecule has 1 heterocycles. The lowest BCUT2D eigenvalue weighted by atomic mass is 10.1. The highest BCUT2D eigenvalue weighted by atomic mass is 32.2. The molecule has 0 saturated heterocycles. The van der Waals surface area contributed by atoms with E-state index in [0.717, 1.165) is 28.3 Å². The van der Waals surface area contributed by atoms with Gasteiger partial charge in [-0.3, -0.25) is 14.4 Å². The molecule has 3 rings (SSSR count). The standard InChI is InChI=1S/C27H35N3O5S/c1-4-6-17-28-26(32)23(5-2)29(19-21-13-8-7-12-20(21)3)25(31)16-11-18-30-27(33)22-14-9-10-15-24(22)36(30,34)35/h7-10,12-15,23H,4-6,11,16-19H2,1-3H3,(H,28,32)/t23-/m0/s1. The Hall–Kier alpha value is -3.20. The van der Waals surface area contributed by atoms with E-state index in [4.69, 9.17) is 0 Å². The maximum absolute atomic E-state index is 13.4. The van der Waals surface area contributed by atoms with Crippen LogP contribution < -0.4 is 5.32 Å². The van der Waals surface area contributed by atoms with Gasteiger partial charge in [0.05, 0.1) is 5.56 Å². The average molecular weight is 514 g/mol. The zero-order chi connectivity index (χ0) is 26.3. The van der Waals surface area contributed by atoms with Gasteiger partial charge in [0.25, 0.3) is 15.9 Å². The van der Waals surface area contributed by atoms with E-state index in [0.29, 0.717) is 13.0 Å². The summed E-state index contributed by atoms with van der Waals surface area (Å²) < 4.78 is 26.5. The monoisotopic (exact) mass is 513 g/mol. The summed E-state index contributed by atoms with van der Waals surface area (Å²) in [6.07, 6.45) is 2.43. The molecule has 0 saturated carbocycles. The molecule has 36 heavy (non-hydrogen) atoms. The summed E-state index contributed by atoms with van der Waals surface area (Å²) in [6, 6.07) is 13.2. The first-order valence-corrected chi connectivity index (χ1v) is 13.9. The van der Waals surface area contributed by atoms with E-state index in [1.165, 1.54) is 12.1 Å². The molecule has 0 aliphatic carbocycles. The Balaban J connectivity index is 1.74. The van der Waals surface area contributed by atoms with Crippen molar-refractivity contribution in [1.29, 1.82) is 0 Å². The smallest absolute Gasteiger partial charge is 0.269 e. The quantitative estimate of drug-likeness (QED) is 0.437. The van der Waals surface area contributed by atoms with Crippen molar-refractivity contribution in [2.75, 3.05) is 13.1 Å². The largest absolute Gasteiger partial charge is 0.354 e. The Bertz CT molecular complexity index is 1210. The van der Waals surface area contributed by atoms with Crippen LogP contribution in [-0.4, -0.2) is 54.5 Å². The first kappa shape index (κ1) is 27.4. The fourth-order valence-electron chi connectivity index (χ4n) is 4.37. The first-order valence-electron chi connectivity index (χ1n) is 12.5. The number of carbonyl (C=O) groups is 3. The van der Waals surface area contributed by atoms with Crippen molar-refractivity contribution >= 4 is 27.7 Å². The van der Waals surface area contributed by atoms with Crippen LogP contribution in [0, 0.1) is 6.92 Å². The fourth-order valence-corrected chi connectivity index (χ4v) is 5.97. The van der Waals surface area contributed by atoms with Gasteiger partial charge in [-0.05, 0) is 49.4 Å². The number of amides is 3. The molecule has 9 heteroatoms. The van der Waals surface area contributed by atoms with E-state index >= 15 is 0 Å². The lowest BCUT2D eigenvalue weighted by Crippen LogP contribution is -2.49. The van der Waals surface area contributed by atoms with Gasteiger partial charge >= 0.3 is 0 Å². The molecule has 2 aromatic rings. The lowest BCUT2D eigenvalue weighted by molar-refractivity contribution is -0.141. The number of hydrogen-bond donors (Lipinski definition) is 1. The number of nitrogens with one attached hydrogen (secondary N) is 1. The molecular weight excluding hydrogens is 478 g/mol. The topological polar surface area (TPSA) is 104 Å². The predicted molar refractivity (Wildman–Crippen MR) is 138 cm³/mol. The van der Waals surface area contributed by atoms with Crippen LogP contribution in [0.2, 0.25) is 0 Å². The summed E-state index contributed by atoms with van der Waals surface area (Å²) in [7, 11) is -3.92. The highest BCUT2D eigenvalue weighted by Crippen LogP contribution is 2.30. The van der Waals surface area contributed by atoms with Gasteiger partial charge in [0.2, 0.25) is 11.8 Å². The summed E-state index contributed by atoms with van der Waals surface area (Å²) in [5.41, 5.74) is 2.11. The third-order valence-electron chi connectivity index (χ3n) is 6.48. The van der Waals surface area contributed by atoms with Crippen LogP contribution in [0.25, 0.3) is 0 Å². The van der Waals surface area contributed by atoms with Gasteiger partial charge in [0, 0.05) is 26.1 Å². The molecule has 0 spiro atoms. The number of aryl methyl sites for hydroxylation is 1. The maximum atomic E-state index is 13.4. The Kier molecular flexibility index (Phi) is 9.25. The summed E-state index contributed by atoms with van der Waals surface area (Å²) in [6.45, 7) is 6.60. The summed E-state index contributed by atoms with van der Waals surface area (Å²) in [4.78, 5) is 40.6. The molecule has 1 N–H and O–H groups in total. The molecule has 1 aliphatic heterocycles. The average Bonchev–Trinajstić information content (AvgIpc) is 3.05. The Morgan fingerprint density at radius 2 is 1.72 bits per heavy atom. The van der Waals surface area contributed by atoms with Crippen molar-refractivity contribution in [2.24, 2.45) is 0 Å². The van der Waals surface area contributed by atoms with Gasteiger partial charge in [0.1, 0.15) is 10.9 Å². The van der Waals surface area contributed by atoms with Crippen molar-refractivity contribution in [2.45, 2.75) is 70.4 Å². The molecule has 0 fully saturated rings. The third kappa shape index (κ3) is 5.95. The van der Waals surface area contributed by atoms with Gasteiger partial charge in [0.15, 0.2) is 0 Å². The van der Waals surface area contributed by atoms with E-state index in [2.05, 4.69) is 5.32 Å². The van der Waals surface area contributed by atoms with Crippen molar-refractivity contribution in [1.82, 2.24) is 14.5 Å². The van der Waals surface area contributed by atoms with Crippen LogP contribution in [-0.2, 0) is 26.2 Å². The Morgan fingerprint density at radius 1 is 1.03 bits per heavy atom. The number of hydrogen-bond acceptors (Lipinski definition) is 5. The van der Waals surface area contributed by atoms with Gasteiger partial charge < -0.3 is 10.2 Å². The van der Waals surface area contributed by atoms with E-state index in [1.54, 1.807) is 17.0 Å². The molecular formula is C27H35N3O5S. The van der Waals surface area contributed by atoms with Gasteiger partial charge in [-0.2, -0.15) is 0 Å². The van der Waals surface area contributed by atoms with Crippen LogP contribution in [0.1, 0.15) is 67.4 Å². The second-order valence-electron chi connectivity index (χ2n) is 9.00. The van der Waals surface area contributed by atoms with Crippen molar-refractivity contribution in [3.8, 4) is 0 Å². The second-order valence-corrected chi connectivity index (χ2v) is 10.8. The fraction of sp³-hybridized carbons (Fsp3) is 0.444. The van der Waals surface area contributed by atoms with E-state index < -0.39 is 22.0 Å². The van der Waals surface area contributed by atoms with E-state index in [1.807, 2.05) is 45.0 Å². The summed E-state index contributed by atoms with van der Waals surface area (Å²) in [5.74, 6) is -1.02. The van der Waals surface area contributed by atoms with Crippen molar-refractivity contribution in [3.63, 3.8) is 0 Å². The minimum atomic E-state index is -3.92. The van der Waals surface area contributed by atoms with Crippen LogP contribution in [0.5, 0.6) is 0 Å². The number of sulfonamides is 1. The molecule has 2 aromatic carbocycles. The van der Waals surface area contributed by atoms with Crippen molar-refractivity contribution in [3.05, 3.63) is 65.2 Å². The van der Waals surface area contributed by atoms with Crippen LogP contribution >= 0.6 is 0 Å². The van der Waals surface area contributed by atoms with Crippen LogP contribution in [0.4, 0.5) is 0 Å². The number of nitrogens with zero attached hydrogens (tertiary/aromatic N) is 2. The predicted octanol–water partition coefficient (Wildman–Crippen LogP) is 3.64. The zero-order valence-electron chi connectivity index (χ0n) is 21.2. The van der Waals surface area contributed by atoms with Crippen LogP contribution in [0.15, 0.2) is 53.4 Å². The van der Waals surface area contributed by atoms with Crippen molar-refractivity contribution < 1.29 is 22.8 Å². The highest BCUT2D eigenvalue weighted by molar-refractivity contribution is 7.90. The highest BCUT2D eigenvalue weighted by Gasteiger charge is 2.40. The number of carbonyl (C=O) groups excluding carboxylic acids is 3. The minimum Gasteiger partial charge on any atom is -0.354 e. The maximum Gasteiger partial charge on any atom is 0.269 e. The number of benzene rings is 2. The Morgan fingerprint density at radius 3 is 2.39 bits per heavy atom. The van der Waals surface area contributed by atoms with Gasteiger partial charge in [-0.25, -0.2) is 12.7 Å². The molecule has 1 atom stereocenters. The Labute approximate surface area is 213 Å². The summed E-state index contributed by atoms with van der Waals surface area (Å²) in [5, 5.41) is 2.93. The molecule has 194 valence electrons. The third-order valence-corrected chi connectivity index (χ3v) is 8.32. The molecule has 8 nitrogen and oxygen atoms in total. The number of fused-ring (bicyclic) bond motifs is 1. The van der Waals surface area contributed by atoms with Gasteiger partial charge in [-0.1, -0.05) is 56.7 Å². The number of rotatable bonds is 12. The zero-order valence-corrected chi connectivity index (χ0v) is 22.0. The molecule has 0 unspecified atom stereocenters. The SMILES string of the molecule is CCCCNC(=O)[C@H](CC)N(Cc1ccccc1C)C(=O)CCCN1C(=O)c2ccccc2S1(=O)=O. The normalized spacial score (nSPS) is 14.9. The number of unbranched alkanes of at least 4 members (excludes halogenated alkanes) is 1. The molecule has 0 radical (unpaired) electrons. The molecule has 1 aliphatic rings. The van der Waals surface area contributed by atoms with Crippen LogP contribution in [0.3, 0.4) is 0 Å². The minimum absolute atomic E-state index is 0.00250. The summed E-state index contributed by atoms with van der Waals surface area (Å²) >= 11 is 0. The van der Waals surface area contributed by atoms with E-state index in [9.17, 15) is 22.8 Å².